The van der Waals surface area contributed by atoms with Gasteiger partial charge in [-0.2, -0.15) is 0 Å². The minimum absolute atomic E-state index is 0. The lowest BCUT2D eigenvalue weighted by Gasteiger charge is -2.20. The second-order valence-corrected chi connectivity index (χ2v) is 7.28. The quantitative estimate of drug-likeness (QED) is 0.890. The highest BCUT2D eigenvalue weighted by Crippen LogP contribution is 2.33. The molecule has 1 aromatic rings. The molecule has 2 atom stereocenters. The minimum atomic E-state index is 0. The molecule has 6 heteroatoms. The van der Waals surface area contributed by atoms with Gasteiger partial charge in [0.2, 0.25) is 0 Å². The molecule has 0 radical (unpaired) electrons. The van der Waals surface area contributed by atoms with Crippen LogP contribution < -0.4 is 14.8 Å². The number of likely N-dealkylation sites (tertiary alicyclic amines) is 1. The summed E-state index contributed by atoms with van der Waals surface area (Å²) < 4.78 is 11.5. The van der Waals surface area contributed by atoms with E-state index in [2.05, 4.69) is 5.32 Å². The van der Waals surface area contributed by atoms with E-state index in [9.17, 15) is 4.79 Å². The molecule has 0 spiro atoms. The lowest BCUT2D eigenvalue weighted by Crippen LogP contribution is -2.31. The normalized spacial score (nSPS) is 25.6. The third kappa shape index (κ3) is 3.72. The van der Waals surface area contributed by atoms with Crippen LogP contribution in [0, 0.1) is 11.8 Å². The van der Waals surface area contributed by atoms with Crippen molar-refractivity contribution >= 4 is 18.3 Å². The van der Waals surface area contributed by atoms with Crippen LogP contribution in [0.15, 0.2) is 18.2 Å². The number of hydrogen-bond acceptors (Lipinski definition) is 4. The molecule has 2 heterocycles. The zero-order valence-corrected chi connectivity index (χ0v) is 15.5. The molecule has 4 rings (SSSR count). The Kier molecular flexibility index (Phi) is 5.74. The Hall–Kier alpha value is -1.46. The summed E-state index contributed by atoms with van der Waals surface area (Å²) >= 11 is 0. The Morgan fingerprint density at radius 1 is 1.12 bits per heavy atom. The van der Waals surface area contributed by atoms with Crippen LogP contribution >= 0.6 is 12.4 Å². The monoisotopic (exact) mass is 366 g/mol. The van der Waals surface area contributed by atoms with Gasteiger partial charge in [-0.3, -0.25) is 4.79 Å². The van der Waals surface area contributed by atoms with Gasteiger partial charge in [0.05, 0.1) is 13.2 Å². The molecule has 25 heavy (non-hydrogen) atoms. The van der Waals surface area contributed by atoms with Crippen molar-refractivity contribution in [3.8, 4) is 11.5 Å². The fourth-order valence-corrected chi connectivity index (χ4v) is 4.29. The van der Waals surface area contributed by atoms with Gasteiger partial charge in [0.15, 0.2) is 11.5 Å². The van der Waals surface area contributed by atoms with Crippen molar-refractivity contribution in [2.45, 2.75) is 31.8 Å². The highest BCUT2D eigenvalue weighted by Gasteiger charge is 2.38. The van der Waals surface area contributed by atoms with Crippen molar-refractivity contribution in [2.24, 2.45) is 11.8 Å². The van der Waals surface area contributed by atoms with Crippen LogP contribution in [0.3, 0.4) is 0 Å². The molecule has 1 saturated carbocycles. The number of nitrogens with zero attached hydrogens (tertiary/aromatic N) is 1. The van der Waals surface area contributed by atoms with E-state index in [1.807, 2.05) is 23.1 Å². The van der Waals surface area contributed by atoms with Crippen LogP contribution in [-0.4, -0.2) is 50.2 Å². The van der Waals surface area contributed by atoms with Crippen molar-refractivity contribution in [3.05, 3.63) is 23.8 Å². The van der Waals surface area contributed by atoms with Gasteiger partial charge in [-0.15, -0.1) is 12.4 Å². The number of hydrogen-bond donors (Lipinski definition) is 1. The molecule has 3 aliphatic rings. The van der Waals surface area contributed by atoms with E-state index in [0.29, 0.717) is 23.1 Å². The van der Waals surface area contributed by atoms with Gasteiger partial charge in [0.1, 0.15) is 0 Å². The van der Waals surface area contributed by atoms with E-state index >= 15 is 0 Å². The van der Waals surface area contributed by atoms with Crippen LogP contribution in [0.5, 0.6) is 11.5 Å². The molecule has 0 bridgehead atoms. The molecule has 1 aliphatic carbocycles. The Labute approximate surface area is 155 Å². The molecule has 1 N–H and O–H groups in total. The first-order valence-corrected chi connectivity index (χ1v) is 9.09. The van der Waals surface area contributed by atoms with Crippen molar-refractivity contribution < 1.29 is 14.3 Å². The van der Waals surface area contributed by atoms with Gasteiger partial charge in [-0.05, 0) is 55.7 Å². The maximum Gasteiger partial charge on any atom is 0.254 e. The van der Waals surface area contributed by atoms with Gasteiger partial charge < -0.3 is 19.7 Å². The molecule has 1 amide bonds. The Bertz CT molecular complexity index is 607. The molecule has 3 fully saturated rings. The highest BCUT2D eigenvalue weighted by atomic mass is 35.5. The van der Waals surface area contributed by atoms with E-state index in [-0.39, 0.29) is 24.4 Å². The van der Waals surface area contributed by atoms with Crippen molar-refractivity contribution in [1.29, 1.82) is 0 Å². The molecule has 2 aliphatic heterocycles. The second kappa shape index (κ2) is 7.83. The molecule has 0 unspecified atom stereocenters. The summed E-state index contributed by atoms with van der Waals surface area (Å²) in [4.78, 5) is 14.8. The third-order valence-electron chi connectivity index (χ3n) is 5.68. The fraction of sp³-hybridized carbons (Fsp3) is 0.632. The standard InChI is InChI=1S/C19H26N2O3.ClH/c1-23-18-8-13(6-7-17(18)24-16-4-2-3-5-16)19(22)21-11-14-9-20-10-15(14)12-21;/h6-8,14-16,20H,2-5,9-12H2,1H3;1H/t14-,15+;. The van der Waals surface area contributed by atoms with E-state index in [4.69, 9.17) is 9.47 Å². The summed E-state index contributed by atoms with van der Waals surface area (Å²) in [5.74, 6) is 2.74. The highest BCUT2D eigenvalue weighted by molar-refractivity contribution is 5.95. The summed E-state index contributed by atoms with van der Waals surface area (Å²) in [6.07, 6.45) is 4.96. The van der Waals surface area contributed by atoms with Crippen LogP contribution in [0.25, 0.3) is 0 Å². The Morgan fingerprint density at radius 3 is 2.44 bits per heavy atom. The first-order valence-electron chi connectivity index (χ1n) is 9.09. The number of amides is 1. The number of fused-ring (bicyclic) bond motifs is 1. The van der Waals surface area contributed by atoms with Crippen molar-refractivity contribution in [1.82, 2.24) is 10.2 Å². The maximum atomic E-state index is 12.8. The lowest BCUT2D eigenvalue weighted by molar-refractivity contribution is 0.0781. The summed E-state index contributed by atoms with van der Waals surface area (Å²) in [6.45, 7) is 3.79. The zero-order chi connectivity index (χ0) is 16.5. The van der Waals surface area contributed by atoms with E-state index in [1.54, 1.807) is 7.11 Å². The maximum absolute atomic E-state index is 12.8. The average Bonchev–Trinajstić information content (AvgIpc) is 3.31. The molecule has 138 valence electrons. The zero-order valence-electron chi connectivity index (χ0n) is 14.7. The van der Waals surface area contributed by atoms with Gasteiger partial charge in [-0.25, -0.2) is 0 Å². The molecular weight excluding hydrogens is 340 g/mol. The summed E-state index contributed by atoms with van der Waals surface area (Å²) in [6, 6.07) is 5.60. The molecule has 0 aromatic heterocycles. The minimum Gasteiger partial charge on any atom is -0.493 e. The average molecular weight is 367 g/mol. The second-order valence-electron chi connectivity index (χ2n) is 7.28. The number of methoxy groups -OCH3 is 1. The predicted octanol–water partition coefficient (Wildman–Crippen LogP) is 2.73. The number of carbonyl (C=O) groups excluding carboxylic acids is 1. The Morgan fingerprint density at radius 2 is 1.80 bits per heavy atom. The predicted molar refractivity (Wildman–Crippen MR) is 98.9 cm³/mol. The third-order valence-corrected chi connectivity index (χ3v) is 5.68. The fourth-order valence-electron chi connectivity index (χ4n) is 4.29. The smallest absolute Gasteiger partial charge is 0.254 e. The van der Waals surface area contributed by atoms with Gasteiger partial charge in [-0.1, -0.05) is 0 Å². The summed E-state index contributed by atoms with van der Waals surface area (Å²) in [7, 11) is 1.64. The van der Waals surface area contributed by atoms with E-state index in [0.717, 1.165) is 44.8 Å². The molecule has 1 aromatic carbocycles. The van der Waals surface area contributed by atoms with E-state index < -0.39 is 0 Å². The summed E-state index contributed by atoms with van der Waals surface area (Å²) in [5.41, 5.74) is 0.693. The van der Waals surface area contributed by atoms with Gasteiger partial charge in [0.25, 0.3) is 5.91 Å². The summed E-state index contributed by atoms with van der Waals surface area (Å²) in [5, 5.41) is 3.41. The van der Waals surface area contributed by atoms with Gasteiger partial charge in [0, 0.05) is 31.7 Å². The molecule has 2 saturated heterocycles. The van der Waals surface area contributed by atoms with Gasteiger partial charge >= 0.3 is 0 Å². The number of benzene rings is 1. The first-order chi connectivity index (χ1) is 11.7. The Balaban J connectivity index is 0.00000182. The number of carbonyl (C=O) groups is 1. The van der Waals surface area contributed by atoms with Crippen LogP contribution in [-0.2, 0) is 0 Å². The van der Waals surface area contributed by atoms with Crippen LogP contribution in [0.1, 0.15) is 36.0 Å². The largest absolute Gasteiger partial charge is 0.493 e. The molecular formula is C19H27ClN2O3. The topological polar surface area (TPSA) is 50.8 Å². The van der Waals surface area contributed by atoms with E-state index in [1.165, 1.54) is 12.8 Å². The number of rotatable bonds is 4. The first kappa shape index (κ1) is 18.3. The van der Waals surface area contributed by atoms with Crippen molar-refractivity contribution in [2.75, 3.05) is 33.3 Å². The van der Waals surface area contributed by atoms with Crippen LogP contribution in [0.2, 0.25) is 0 Å². The number of halogens is 1. The SMILES string of the molecule is COc1cc(C(=O)N2C[C@H]3CNC[C@H]3C2)ccc1OC1CCCC1.Cl. The van der Waals surface area contributed by atoms with Crippen LogP contribution in [0.4, 0.5) is 0 Å². The lowest BCUT2D eigenvalue weighted by atomic mass is 10.0. The van der Waals surface area contributed by atoms with Crippen molar-refractivity contribution in [3.63, 3.8) is 0 Å². The molecule has 5 nitrogen and oxygen atoms in total. The number of ether oxygens (including phenoxy) is 2. The number of nitrogens with one attached hydrogen (secondary N) is 1.